The first-order valence-electron chi connectivity index (χ1n) is 8.39. The molecule has 1 atom stereocenters. The van der Waals surface area contributed by atoms with Crippen LogP contribution in [0.1, 0.15) is 37.3 Å². The quantitative estimate of drug-likeness (QED) is 0.282. The normalized spacial score (nSPS) is 12.3. The van der Waals surface area contributed by atoms with Crippen molar-refractivity contribution in [3.8, 4) is 6.07 Å². The smallest absolute Gasteiger partial charge is 0.416 e. The fourth-order valence-electron chi connectivity index (χ4n) is 2.74. The summed E-state index contributed by atoms with van der Waals surface area (Å²) in [5.41, 5.74) is -3.01. The van der Waals surface area contributed by atoms with Crippen LogP contribution in [-0.2, 0) is 25.2 Å². The number of nitrogens with zero attached hydrogens (tertiary/aromatic N) is 1. The zero-order valence-corrected chi connectivity index (χ0v) is 15.4. The van der Waals surface area contributed by atoms with Crippen molar-refractivity contribution < 1.29 is 32.2 Å². The van der Waals surface area contributed by atoms with Gasteiger partial charge in [-0.05, 0) is 38.0 Å². The highest BCUT2D eigenvalue weighted by atomic mass is 19.4. The van der Waals surface area contributed by atoms with Gasteiger partial charge in [-0.3, -0.25) is 9.59 Å². The molecule has 0 saturated carbocycles. The van der Waals surface area contributed by atoms with E-state index in [1.165, 1.54) is 19.9 Å². The molecule has 0 spiro atoms. The maximum atomic E-state index is 12.8. The Balaban J connectivity index is 3.65. The second-order valence-electron chi connectivity index (χ2n) is 5.68. The van der Waals surface area contributed by atoms with Crippen LogP contribution in [0.15, 0.2) is 36.9 Å². The van der Waals surface area contributed by atoms with Crippen LogP contribution in [0.3, 0.4) is 0 Å². The maximum Gasteiger partial charge on any atom is 0.416 e. The van der Waals surface area contributed by atoms with Gasteiger partial charge >= 0.3 is 24.2 Å². The fourth-order valence-corrected chi connectivity index (χ4v) is 2.74. The van der Waals surface area contributed by atoms with Crippen LogP contribution in [0.4, 0.5) is 13.2 Å². The lowest BCUT2D eigenvalue weighted by Crippen LogP contribution is -2.46. The van der Waals surface area contributed by atoms with Gasteiger partial charge in [0.25, 0.3) is 0 Å². The molecule has 0 aliphatic rings. The van der Waals surface area contributed by atoms with Crippen molar-refractivity contribution in [2.75, 3.05) is 13.2 Å². The van der Waals surface area contributed by atoms with Gasteiger partial charge in [0.05, 0.1) is 18.8 Å². The first kappa shape index (κ1) is 23.0. The molecule has 0 amide bonds. The number of hydrogen-bond acceptors (Lipinski definition) is 5. The Kier molecular flexibility index (Phi) is 8.04. The molecule has 0 saturated heterocycles. The van der Waals surface area contributed by atoms with Gasteiger partial charge in [-0.1, -0.05) is 18.2 Å². The molecule has 152 valence electrons. The summed E-state index contributed by atoms with van der Waals surface area (Å²) < 4.78 is 48.5. The molecule has 0 radical (unpaired) electrons. The largest absolute Gasteiger partial charge is 0.498 e. The lowest BCUT2D eigenvalue weighted by Gasteiger charge is -2.30. The van der Waals surface area contributed by atoms with Crippen LogP contribution in [0.5, 0.6) is 0 Å². The second-order valence-corrected chi connectivity index (χ2v) is 5.68. The average molecular weight is 399 g/mol. The highest BCUT2D eigenvalue weighted by Crippen LogP contribution is 2.43. The number of benzene rings is 1. The summed E-state index contributed by atoms with van der Waals surface area (Å²) in [6.07, 6.45) is -3.64. The Bertz CT molecular complexity index is 745. The Morgan fingerprint density at radius 1 is 1.18 bits per heavy atom. The predicted molar refractivity (Wildman–Crippen MR) is 95.3 cm³/mol. The lowest BCUT2D eigenvalue weighted by atomic mass is 9.70. The number of halogens is 3. The molecule has 0 aliphatic carbocycles. The first-order chi connectivity index (χ1) is 13.2. The molecule has 0 aliphatic heterocycles. The Morgan fingerprint density at radius 3 is 2.04 bits per heavy atom. The maximum absolute atomic E-state index is 12.8. The molecular weight excluding hydrogens is 379 g/mol. The van der Waals surface area contributed by atoms with E-state index in [2.05, 4.69) is 17.7 Å². The number of carbonyl (C=O) groups excluding carboxylic acids is 2. The van der Waals surface area contributed by atoms with Crippen molar-refractivity contribution >= 4 is 11.9 Å². The molecule has 0 heterocycles. The predicted octanol–water partition coefficient (Wildman–Crippen LogP) is 4.31. The molecule has 0 fully saturated rings. The van der Waals surface area contributed by atoms with Crippen LogP contribution in [-0.4, -0.2) is 25.2 Å². The summed E-state index contributed by atoms with van der Waals surface area (Å²) in [5.74, 6) is -3.48. The van der Waals surface area contributed by atoms with Crippen LogP contribution in [0.25, 0.3) is 5.01 Å². The average Bonchev–Trinajstić information content (AvgIpc) is 2.64. The summed E-state index contributed by atoms with van der Waals surface area (Å²) in [6, 6.07) is 5.72. The van der Waals surface area contributed by atoms with Crippen molar-refractivity contribution in [3.05, 3.63) is 58.3 Å². The van der Waals surface area contributed by atoms with Crippen LogP contribution in [0.2, 0.25) is 0 Å². The minimum absolute atomic E-state index is 0.0376. The van der Waals surface area contributed by atoms with Crippen molar-refractivity contribution in [2.24, 2.45) is 5.41 Å². The van der Waals surface area contributed by atoms with Gasteiger partial charge in [0.15, 0.2) is 5.41 Å². The standard InChI is InChI=1S/C19H20F3NO5/c1-4-11-18(16(24)27-5-2,17(25)28-6-3)15(12-23-26)13-7-9-14(10-8-13)19(20,21)22/h4,7-10,15H,1,5-6,11H2,2-3H3. The Hall–Kier alpha value is -3.02. The van der Waals surface area contributed by atoms with Gasteiger partial charge in [0.1, 0.15) is 5.92 Å². The van der Waals surface area contributed by atoms with E-state index in [-0.39, 0.29) is 25.2 Å². The number of esters is 2. The van der Waals surface area contributed by atoms with Gasteiger partial charge in [-0.25, -0.2) is 0 Å². The third-order valence-corrected chi connectivity index (χ3v) is 3.99. The molecule has 1 aromatic carbocycles. The van der Waals surface area contributed by atoms with Crippen LogP contribution < -0.4 is 0 Å². The zero-order valence-electron chi connectivity index (χ0n) is 15.4. The highest BCUT2D eigenvalue weighted by molar-refractivity contribution is 6.02. The lowest BCUT2D eigenvalue weighted by molar-refractivity contribution is -0.173. The molecule has 0 bridgehead atoms. The van der Waals surface area contributed by atoms with Crippen molar-refractivity contribution in [1.29, 1.82) is 0 Å². The van der Waals surface area contributed by atoms with E-state index in [0.29, 0.717) is 0 Å². The number of rotatable bonds is 8. The third-order valence-electron chi connectivity index (χ3n) is 3.99. The van der Waals surface area contributed by atoms with E-state index in [9.17, 15) is 28.0 Å². The van der Waals surface area contributed by atoms with Gasteiger partial charge in [-0.2, -0.15) is 13.2 Å². The summed E-state index contributed by atoms with van der Waals surface area (Å²) in [6.45, 7) is 6.38. The topological polar surface area (TPSA) is 80.0 Å². The molecule has 0 N–H and O–H groups in total. The Labute approximate surface area is 160 Å². The van der Waals surface area contributed by atoms with E-state index in [0.717, 1.165) is 24.3 Å². The van der Waals surface area contributed by atoms with Crippen molar-refractivity contribution in [2.45, 2.75) is 32.4 Å². The van der Waals surface area contributed by atoms with E-state index < -0.39 is 35.0 Å². The van der Waals surface area contributed by atoms with Gasteiger partial charge < -0.3 is 14.7 Å². The van der Waals surface area contributed by atoms with E-state index in [4.69, 9.17) is 9.47 Å². The molecule has 1 unspecified atom stereocenters. The molecule has 9 heteroatoms. The molecule has 1 rings (SSSR count). The SMILES string of the molecule is C=CCC(C(=O)OCC)(C(=O)OCC)C(C#[N+][O-])c1ccc(C(F)(F)F)cc1. The van der Waals surface area contributed by atoms with Crippen LogP contribution in [0, 0.1) is 16.7 Å². The zero-order chi connectivity index (χ0) is 21.4. The number of ether oxygens (including phenoxy) is 2. The number of allylic oxidation sites excluding steroid dienone is 1. The van der Waals surface area contributed by atoms with Crippen LogP contribution >= 0.6 is 0 Å². The first-order valence-corrected chi connectivity index (χ1v) is 8.39. The molecule has 1 aromatic rings. The van der Waals surface area contributed by atoms with E-state index >= 15 is 0 Å². The summed E-state index contributed by atoms with van der Waals surface area (Å²) in [5, 5.41) is 13.5. The fraction of sp³-hybridized carbons (Fsp3) is 0.421. The van der Waals surface area contributed by atoms with Gasteiger partial charge in [0.2, 0.25) is 0 Å². The minimum atomic E-state index is -4.58. The Morgan fingerprint density at radius 2 is 1.68 bits per heavy atom. The monoisotopic (exact) mass is 399 g/mol. The molecular formula is C19H20F3NO5. The molecule has 28 heavy (non-hydrogen) atoms. The third kappa shape index (κ3) is 4.82. The second kappa shape index (κ2) is 9.78. The highest BCUT2D eigenvalue weighted by Gasteiger charge is 2.57. The minimum Gasteiger partial charge on any atom is -0.498 e. The van der Waals surface area contributed by atoms with Gasteiger partial charge in [0, 0.05) is 5.01 Å². The summed E-state index contributed by atoms with van der Waals surface area (Å²) in [4.78, 5) is 25.5. The number of carbonyl (C=O) groups is 2. The van der Waals surface area contributed by atoms with Crippen molar-refractivity contribution in [1.82, 2.24) is 0 Å². The van der Waals surface area contributed by atoms with E-state index in [1.807, 2.05) is 0 Å². The molecule has 6 nitrogen and oxygen atoms in total. The van der Waals surface area contributed by atoms with E-state index in [1.54, 1.807) is 0 Å². The van der Waals surface area contributed by atoms with Gasteiger partial charge in [-0.15, -0.1) is 6.58 Å². The molecule has 0 aromatic heterocycles. The number of hydrogen-bond donors (Lipinski definition) is 0. The number of alkyl halides is 3. The summed E-state index contributed by atoms with van der Waals surface area (Å²) in [7, 11) is 0. The van der Waals surface area contributed by atoms with Crippen molar-refractivity contribution in [3.63, 3.8) is 0 Å². The summed E-state index contributed by atoms with van der Waals surface area (Å²) >= 11 is 0.